The predicted octanol–water partition coefficient (Wildman–Crippen LogP) is 2.45. The van der Waals surface area contributed by atoms with Crippen molar-refractivity contribution in [1.82, 2.24) is 20.2 Å². The molecule has 1 aromatic heterocycles. The predicted molar refractivity (Wildman–Crippen MR) is 97.7 cm³/mol. The maximum absolute atomic E-state index is 12.6. The number of carbonyl (C=O) groups is 1. The number of hydrogen-bond donors (Lipinski definition) is 1. The van der Waals surface area contributed by atoms with Crippen molar-refractivity contribution in [3.05, 3.63) is 18.0 Å². The van der Waals surface area contributed by atoms with E-state index in [-0.39, 0.29) is 11.9 Å². The molecule has 28 heavy (non-hydrogen) atoms. The minimum absolute atomic E-state index is 0.159. The van der Waals surface area contributed by atoms with Gasteiger partial charge in [0.15, 0.2) is 0 Å². The van der Waals surface area contributed by atoms with Crippen LogP contribution in [0.25, 0.3) is 0 Å². The number of aromatic nitrogens is 2. The Kier molecular flexibility index (Phi) is 5.44. The first-order chi connectivity index (χ1) is 13.4. The van der Waals surface area contributed by atoms with Gasteiger partial charge in [-0.05, 0) is 31.6 Å². The van der Waals surface area contributed by atoms with Crippen molar-refractivity contribution in [3.8, 4) is 0 Å². The van der Waals surface area contributed by atoms with Crippen LogP contribution in [0.5, 0.6) is 0 Å². The average Bonchev–Trinajstić information content (AvgIpc) is 3.27. The molecule has 3 heterocycles. The average molecular weight is 397 g/mol. The fraction of sp³-hybridized carbons (Fsp3) is 0.737. The first-order valence-corrected chi connectivity index (χ1v) is 10.1. The summed E-state index contributed by atoms with van der Waals surface area (Å²) in [5.74, 6) is 1.24. The van der Waals surface area contributed by atoms with Gasteiger partial charge in [0.1, 0.15) is 0 Å². The van der Waals surface area contributed by atoms with Crippen LogP contribution in [0.1, 0.15) is 44.1 Å². The van der Waals surface area contributed by atoms with E-state index < -0.39 is 11.7 Å². The molecule has 1 N–H and O–H groups in total. The fourth-order valence-corrected chi connectivity index (χ4v) is 4.72. The number of carbonyl (C=O) groups excluding carboxylic acids is 1. The number of alkyl halides is 3. The molecule has 1 aromatic rings. The van der Waals surface area contributed by atoms with E-state index >= 15 is 0 Å². The molecule has 2 aliphatic heterocycles. The number of anilines is 1. The molecule has 3 aliphatic rings. The molecule has 9 heteroatoms. The van der Waals surface area contributed by atoms with E-state index in [1.165, 1.54) is 25.7 Å². The van der Waals surface area contributed by atoms with E-state index in [0.717, 1.165) is 24.7 Å². The molecule has 6 nitrogen and oxygen atoms in total. The zero-order chi connectivity index (χ0) is 19.7. The monoisotopic (exact) mass is 397 g/mol. The SMILES string of the molecule is O=C(CC[C@@H]1CC2CCC[C@@H]2N1)N1CCN(c2ncc(C(F)(F)F)cn2)CC1. The lowest BCUT2D eigenvalue weighted by Crippen LogP contribution is -2.49. The van der Waals surface area contributed by atoms with Crippen LogP contribution in [0.4, 0.5) is 19.1 Å². The van der Waals surface area contributed by atoms with Gasteiger partial charge in [0.25, 0.3) is 0 Å². The van der Waals surface area contributed by atoms with E-state index in [4.69, 9.17) is 0 Å². The summed E-state index contributed by atoms with van der Waals surface area (Å²) in [6.07, 6.45) is 3.71. The molecule has 4 rings (SSSR count). The van der Waals surface area contributed by atoms with Crippen LogP contribution in [-0.4, -0.2) is 59.0 Å². The number of halogens is 3. The van der Waals surface area contributed by atoms with Gasteiger partial charge in [-0.15, -0.1) is 0 Å². The Balaban J connectivity index is 1.22. The molecule has 3 atom stereocenters. The Morgan fingerprint density at radius 1 is 1.14 bits per heavy atom. The highest BCUT2D eigenvalue weighted by atomic mass is 19.4. The molecule has 0 bridgehead atoms. The van der Waals surface area contributed by atoms with E-state index in [9.17, 15) is 18.0 Å². The minimum atomic E-state index is -4.43. The third-order valence-corrected chi connectivity index (χ3v) is 6.28. The van der Waals surface area contributed by atoms with Gasteiger partial charge in [0.05, 0.1) is 5.56 Å². The number of hydrogen-bond acceptors (Lipinski definition) is 5. The van der Waals surface area contributed by atoms with Crippen molar-refractivity contribution in [2.75, 3.05) is 31.1 Å². The highest BCUT2D eigenvalue weighted by Crippen LogP contribution is 2.35. The van der Waals surface area contributed by atoms with Crippen LogP contribution in [0.2, 0.25) is 0 Å². The summed E-state index contributed by atoms with van der Waals surface area (Å²) >= 11 is 0. The highest BCUT2D eigenvalue weighted by molar-refractivity contribution is 5.76. The summed E-state index contributed by atoms with van der Waals surface area (Å²) in [5, 5.41) is 3.68. The van der Waals surface area contributed by atoms with E-state index in [2.05, 4.69) is 15.3 Å². The number of piperazine rings is 1. The molecule has 0 aromatic carbocycles. The molecule has 2 saturated heterocycles. The zero-order valence-electron chi connectivity index (χ0n) is 15.8. The summed E-state index contributed by atoms with van der Waals surface area (Å²) in [6.45, 7) is 2.16. The minimum Gasteiger partial charge on any atom is -0.339 e. The topological polar surface area (TPSA) is 61.4 Å². The van der Waals surface area contributed by atoms with Crippen molar-refractivity contribution in [3.63, 3.8) is 0 Å². The summed E-state index contributed by atoms with van der Waals surface area (Å²) in [5.41, 5.74) is -0.852. The second-order valence-corrected chi connectivity index (χ2v) is 8.07. The molecule has 1 aliphatic carbocycles. The molecular weight excluding hydrogens is 371 g/mol. The Hall–Kier alpha value is -1.90. The molecule has 0 spiro atoms. The van der Waals surface area contributed by atoms with Crippen LogP contribution < -0.4 is 10.2 Å². The summed E-state index contributed by atoms with van der Waals surface area (Å²) < 4.78 is 37.8. The number of nitrogens with zero attached hydrogens (tertiary/aromatic N) is 4. The Bertz CT molecular complexity index is 676. The van der Waals surface area contributed by atoms with E-state index in [0.29, 0.717) is 44.7 Å². The number of amides is 1. The molecule has 1 amide bonds. The maximum Gasteiger partial charge on any atom is 0.419 e. The largest absolute Gasteiger partial charge is 0.419 e. The Labute approximate surface area is 162 Å². The molecule has 3 fully saturated rings. The van der Waals surface area contributed by atoms with Gasteiger partial charge in [-0.1, -0.05) is 6.42 Å². The summed E-state index contributed by atoms with van der Waals surface area (Å²) in [7, 11) is 0. The standard InChI is InChI=1S/C19H26F3N5O/c20-19(21,22)14-11-23-18(24-12-14)27-8-6-26(7-9-27)17(28)5-4-15-10-13-2-1-3-16(13)25-15/h11-13,15-16,25H,1-10H2/t13?,15-,16+/m1/s1. The lowest BCUT2D eigenvalue weighted by atomic mass is 10.00. The number of nitrogens with one attached hydrogen (secondary N) is 1. The number of fused-ring (bicyclic) bond motifs is 1. The van der Waals surface area contributed by atoms with E-state index in [1.54, 1.807) is 0 Å². The lowest BCUT2D eigenvalue weighted by molar-refractivity contribution is -0.138. The number of rotatable bonds is 4. The van der Waals surface area contributed by atoms with Gasteiger partial charge >= 0.3 is 6.18 Å². The molecule has 154 valence electrons. The molecule has 1 saturated carbocycles. The smallest absolute Gasteiger partial charge is 0.339 e. The maximum atomic E-state index is 12.6. The Morgan fingerprint density at radius 2 is 1.86 bits per heavy atom. The zero-order valence-corrected chi connectivity index (χ0v) is 15.8. The normalized spacial score (nSPS) is 27.9. The van der Waals surface area contributed by atoms with Gasteiger partial charge in [0, 0.05) is 57.1 Å². The highest BCUT2D eigenvalue weighted by Gasteiger charge is 2.37. The molecule has 1 unspecified atom stereocenters. The van der Waals surface area contributed by atoms with Gasteiger partial charge in [-0.3, -0.25) is 4.79 Å². The van der Waals surface area contributed by atoms with Crippen LogP contribution >= 0.6 is 0 Å². The fourth-order valence-electron chi connectivity index (χ4n) is 4.72. The lowest BCUT2D eigenvalue weighted by Gasteiger charge is -2.35. The van der Waals surface area contributed by atoms with E-state index in [1.807, 2.05) is 9.80 Å². The van der Waals surface area contributed by atoms with Crippen molar-refractivity contribution in [2.45, 2.75) is 56.8 Å². The second-order valence-electron chi connectivity index (χ2n) is 8.07. The van der Waals surface area contributed by atoms with Gasteiger partial charge < -0.3 is 15.1 Å². The first kappa shape index (κ1) is 19.4. The first-order valence-electron chi connectivity index (χ1n) is 10.1. The third-order valence-electron chi connectivity index (χ3n) is 6.28. The van der Waals surface area contributed by atoms with Gasteiger partial charge in [-0.25, -0.2) is 9.97 Å². The van der Waals surface area contributed by atoms with Crippen molar-refractivity contribution in [2.24, 2.45) is 5.92 Å². The third kappa shape index (κ3) is 4.24. The van der Waals surface area contributed by atoms with Crippen LogP contribution in [0.15, 0.2) is 12.4 Å². The summed E-state index contributed by atoms with van der Waals surface area (Å²) in [6, 6.07) is 1.12. The quantitative estimate of drug-likeness (QED) is 0.846. The molecule has 0 radical (unpaired) electrons. The second kappa shape index (κ2) is 7.85. The van der Waals surface area contributed by atoms with Crippen LogP contribution in [-0.2, 0) is 11.0 Å². The van der Waals surface area contributed by atoms with Crippen molar-refractivity contribution >= 4 is 11.9 Å². The van der Waals surface area contributed by atoms with Crippen molar-refractivity contribution < 1.29 is 18.0 Å². The van der Waals surface area contributed by atoms with Crippen LogP contribution in [0.3, 0.4) is 0 Å². The molecular formula is C19H26F3N5O. The summed E-state index contributed by atoms with van der Waals surface area (Å²) in [4.78, 5) is 23.9. The van der Waals surface area contributed by atoms with Crippen molar-refractivity contribution in [1.29, 1.82) is 0 Å². The van der Waals surface area contributed by atoms with Gasteiger partial charge in [0.2, 0.25) is 11.9 Å². The van der Waals surface area contributed by atoms with Gasteiger partial charge in [-0.2, -0.15) is 13.2 Å². The Morgan fingerprint density at radius 3 is 2.50 bits per heavy atom. The van der Waals surface area contributed by atoms with Crippen LogP contribution in [0, 0.1) is 5.92 Å².